The topological polar surface area (TPSA) is 101 Å². The molecule has 1 aromatic heterocycles. The number of nitrogens with zero attached hydrogens (tertiary/aromatic N) is 3. The summed E-state index contributed by atoms with van der Waals surface area (Å²) in [6, 6.07) is 7.38. The molecule has 1 aromatic carbocycles. The van der Waals surface area contributed by atoms with E-state index in [0.29, 0.717) is 62.1 Å². The number of carbonyl (C=O) groups excluding carboxylic acids is 3. The summed E-state index contributed by atoms with van der Waals surface area (Å²) in [6.07, 6.45) is 1.52. The Labute approximate surface area is 215 Å². The first-order valence-corrected chi connectivity index (χ1v) is 13.3. The Morgan fingerprint density at radius 3 is 2.53 bits per heavy atom. The van der Waals surface area contributed by atoms with Crippen LogP contribution < -0.4 is 5.32 Å². The van der Waals surface area contributed by atoms with Gasteiger partial charge in [0.25, 0.3) is 5.91 Å². The third kappa shape index (κ3) is 6.48. The smallest absolute Gasteiger partial charge is 0.254 e. The van der Waals surface area contributed by atoms with Gasteiger partial charge in [-0.1, -0.05) is 32.0 Å². The molecule has 9 nitrogen and oxygen atoms in total. The quantitative estimate of drug-likeness (QED) is 0.581. The van der Waals surface area contributed by atoms with E-state index >= 15 is 0 Å². The van der Waals surface area contributed by atoms with Crippen molar-refractivity contribution >= 4 is 34.2 Å². The van der Waals surface area contributed by atoms with Crippen molar-refractivity contribution in [3.63, 3.8) is 0 Å². The fourth-order valence-electron chi connectivity index (χ4n) is 4.57. The minimum Gasteiger partial charge on any atom is -0.347 e. The number of benzene rings is 1. The van der Waals surface area contributed by atoms with Crippen molar-refractivity contribution in [2.24, 2.45) is 5.92 Å². The maximum Gasteiger partial charge on any atom is 0.254 e. The van der Waals surface area contributed by atoms with E-state index in [2.05, 4.69) is 10.3 Å². The third-order valence-corrected chi connectivity index (χ3v) is 7.21. The summed E-state index contributed by atoms with van der Waals surface area (Å²) in [4.78, 5) is 46.5. The molecule has 36 heavy (non-hydrogen) atoms. The van der Waals surface area contributed by atoms with Gasteiger partial charge in [0.2, 0.25) is 11.8 Å². The lowest BCUT2D eigenvalue weighted by atomic mass is 10.0. The number of thiazole rings is 1. The number of ether oxygens (including phenoxy) is 2. The number of piperidine rings is 1. The molecule has 2 aliphatic rings. The molecule has 1 spiro atoms. The zero-order chi connectivity index (χ0) is 25.7. The Morgan fingerprint density at radius 1 is 1.17 bits per heavy atom. The lowest BCUT2D eigenvalue weighted by Crippen LogP contribution is -2.47. The van der Waals surface area contributed by atoms with E-state index in [1.54, 1.807) is 16.3 Å². The fraction of sp³-hybridized carbons (Fsp3) is 0.538. The van der Waals surface area contributed by atoms with E-state index in [9.17, 15) is 14.4 Å². The first-order chi connectivity index (χ1) is 17.2. The van der Waals surface area contributed by atoms with Crippen LogP contribution in [0.4, 0.5) is 5.13 Å². The molecule has 0 bridgehead atoms. The van der Waals surface area contributed by atoms with Crippen molar-refractivity contribution in [2.45, 2.75) is 45.8 Å². The van der Waals surface area contributed by atoms with Crippen LogP contribution in [0.2, 0.25) is 0 Å². The van der Waals surface area contributed by atoms with Crippen LogP contribution in [0.3, 0.4) is 0 Å². The number of amides is 3. The van der Waals surface area contributed by atoms with Gasteiger partial charge in [-0.2, -0.15) is 0 Å². The van der Waals surface area contributed by atoms with E-state index < -0.39 is 5.79 Å². The Kier molecular flexibility index (Phi) is 8.38. The maximum absolute atomic E-state index is 13.1. The van der Waals surface area contributed by atoms with Gasteiger partial charge in [0.1, 0.15) is 6.54 Å². The normalized spacial score (nSPS) is 16.9. The molecule has 2 fully saturated rings. The molecule has 0 aliphatic carbocycles. The van der Waals surface area contributed by atoms with E-state index in [1.165, 1.54) is 11.3 Å². The van der Waals surface area contributed by atoms with Crippen molar-refractivity contribution in [1.82, 2.24) is 14.8 Å². The van der Waals surface area contributed by atoms with E-state index in [-0.39, 0.29) is 36.6 Å². The molecule has 194 valence electrons. The molecule has 2 saturated heterocycles. The summed E-state index contributed by atoms with van der Waals surface area (Å²) < 4.78 is 11.5. The predicted molar refractivity (Wildman–Crippen MR) is 137 cm³/mol. The molecule has 0 saturated carbocycles. The van der Waals surface area contributed by atoms with Crippen LogP contribution in [0, 0.1) is 12.8 Å². The standard InChI is InChI=1S/C26H34N4O5S/c1-18(2)15-30(24(33)21-7-5-4-6-19(21)3)16-22(31)28-25-27-20(17-36-25)14-23(32)29-10-8-26(9-11-29)34-12-13-35-26/h4-7,17-18H,8-16H2,1-3H3,(H,27,28,31). The van der Waals surface area contributed by atoms with Gasteiger partial charge in [0.05, 0.1) is 25.3 Å². The molecule has 4 rings (SSSR count). The first-order valence-electron chi connectivity index (χ1n) is 12.4. The van der Waals surface area contributed by atoms with Gasteiger partial charge >= 0.3 is 0 Å². The van der Waals surface area contributed by atoms with Crippen molar-refractivity contribution in [3.05, 3.63) is 46.5 Å². The molecule has 3 amide bonds. The van der Waals surface area contributed by atoms with Gasteiger partial charge in [0, 0.05) is 43.4 Å². The lowest BCUT2D eigenvalue weighted by Gasteiger charge is -2.37. The van der Waals surface area contributed by atoms with Crippen LogP contribution in [0.15, 0.2) is 29.6 Å². The van der Waals surface area contributed by atoms with Gasteiger partial charge in [0.15, 0.2) is 10.9 Å². The Balaban J connectivity index is 1.30. The number of carbonyl (C=O) groups is 3. The number of nitrogens with one attached hydrogen (secondary N) is 1. The molecule has 2 aromatic rings. The van der Waals surface area contributed by atoms with E-state index in [1.807, 2.05) is 43.9 Å². The number of hydrogen-bond donors (Lipinski definition) is 1. The molecule has 2 aliphatic heterocycles. The second-order valence-electron chi connectivity index (χ2n) is 9.75. The van der Waals surface area contributed by atoms with Crippen LogP contribution in [0.1, 0.15) is 48.3 Å². The molecular formula is C26H34N4O5S. The van der Waals surface area contributed by atoms with Crippen LogP contribution in [-0.4, -0.2) is 77.7 Å². The third-order valence-electron chi connectivity index (χ3n) is 6.40. The van der Waals surface area contributed by atoms with Gasteiger partial charge in [-0.15, -0.1) is 11.3 Å². The highest BCUT2D eigenvalue weighted by Gasteiger charge is 2.40. The maximum atomic E-state index is 13.1. The summed E-state index contributed by atoms with van der Waals surface area (Å²) in [6.45, 7) is 8.70. The Morgan fingerprint density at radius 2 is 1.86 bits per heavy atom. The number of aryl methyl sites for hydroxylation is 1. The minimum atomic E-state index is -0.515. The molecular weight excluding hydrogens is 480 g/mol. The number of hydrogen-bond acceptors (Lipinski definition) is 7. The summed E-state index contributed by atoms with van der Waals surface area (Å²) in [5, 5.41) is 4.99. The molecule has 1 N–H and O–H groups in total. The van der Waals surface area contributed by atoms with Crippen LogP contribution in [0.5, 0.6) is 0 Å². The number of rotatable bonds is 8. The number of anilines is 1. The summed E-state index contributed by atoms with van der Waals surface area (Å²) in [5.74, 6) is -0.793. The van der Waals surface area contributed by atoms with Gasteiger partial charge in [-0.05, 0) is 24.5 Å². The highest BCUT2D eigenvalue weighted by molar-refractivity contribution is 7.13. The molecule has 3 heterocycles. The van der Waals surface area contributed by atoms with Crippen molar-refractivity contribution in [3.8, 4) is 0 Å². The average Bonchev–Trinajstić information content (AvgIpc) is 3.48. The largest absolute Gasteiger partial charge is 0.347 e. The Hall–Kier alpha value is -2.82. The van der Waals surface area contributed by atoms with E-state index in [4.69, 9.17) is 9.47 Å². The predicted octanol–water partition coefficient (Wildman–Crippen LogP) is 3.10. The fourth-order valence-corrected chi connectivity index (χ4v) is 5.30. The van der Waals surface area contributed by atoms with Gasteiger partial charge in [-0.25, -0.2) is 4.98 Å². The van der Waals surface area contributed by atoms with Crippen molar-refractivity contribution in [1.29, 1.82) is 0 Å². The van der Waals surface area contributed by atoms with Gasteiger partial charge in [-0.3, -0.25) is 14.4 Å². The zero-order valence-electron chi connectivity index (χ0n) is 21.1. The summed E-state index contributed by atoms with van der Waals surface area (Å²) in [7, 11) is 0. The summed E-state index contributed by atoms with van der Waals surface area (Å²) in [5.41, 5.74) is 2.08. The summed E-state index contributed by atoms with van der Waals surface area (Å²) >= 11 is 1.27. The highest BCUT2D eigenvalue weighted by atomic mass is 32.1. The SMILES string of the molecule is Cc1ccccc1C(=O)N(CC(=O)Nc1nc(CC(=O)N2CCC3(CC2)OCCO3)cs1)CC(C)C. The van der Waals surface area contributed by atoms with Crippen LogP contribution in [0.25, 0.3) is 0 Å². The molecule has 10 heteroatoms. The van der Waals surface area contributed by atoms with Crippen LogP contribution in [-0.2, 0) is 25.5 Å². The average molecular weight is 515 g/mol. The zero-order valence-corrected chi connectivity index (χ0v) is 21.9. The second-order valence-corrected chi connectivity index (χ2v) is 10.6. The second kappa shape index (κ2) is 11.5. The van der Waals surface area contributed by atoms with Gasteiger partial charge < -0.3 is 24.6 Å². The molecule has 0 radical (unpaired) electrons. The van der Waals surface area contributed by atoms with Crippen molar-refractivity contribution in [2.75, 3.05) is 44.7 Å². The highest BCUT2D eigenvalue weighted by Crippen LogP contribution is 2.31. The molecule has 0 unspecified atom stereocenters. The minimum absolute atomic E-state index is 0.00189. The van der Waals surface area contributed by atoms with Crippen molar-refractivity contribution < 1.29 is 23.9 Å². The Bertz CT molecular complexity index is 1090. The van der Waals surface area contributed by atoms with E-state index in [0.717, 1.165) is 5.56 Å². The number of likely N-dealkylation sites (tertiary alicyclic amines) is 1. The number of aromatic nitrogens is 1. The van der Waals surface area contributed by atoms with Crippen LogP contribution >= 0.6 is 11.3 Å². The first kappa shape index (κ1) is 26.2. The lowest BCUT2D eigenvalue weighted by molar-refractivity contribution is -0.187. The monoisotopic (exact) mass is 514 g/mol. The molecule has 0 atom stereocenters.